The molecule has 2 aromatic rings. The van der Waals surface area contributed by atoms with Gasteiger partial charge in [0.1, 0.15) is 5.75 Å². The Morgan fingerprint density at radius 1 is 1.14 bits per heavy atom. The minimum Gasteiger partial charge on any atom is -0.436 e. The summed E-state index contributed by atoms with van der Waals surface area (Å²) < 4.78 is 20.1. The van der Waals surface area contributed by atoms with Crippen molar-refractivity contribution < 1.29 is 9.13 Å². The van der Waals surface area contributed by atoms with Crippen LogP contribution in [0.15, 0.2) is 36.5 Å². The maximum Gasteiger partial charge on any atom is 0.256 e. The first-order valence-corrected chi connectivity index (χ1v) is 7.36. The summed E-state index contributed by atoms with van der Waals surface area (Å²) in [5.74, 6) is 0.295. The first-order chi connectivity index (χ1) is 10.3. The highest BCUT2D eigenvalue weighted by Gasteiger charge is 2.12. The Kier molecular flexibility index (Phi) is 5.69. The van der Waals surface area contributed by atoms with Gasteiger partial charge >= 0.3 is 0 Å². The zero-order chi connectivity index (χ0) is 15.1. The molecule has 0 saturated heterocycles. The summed E-state index contributed by atoms with van der Waals surface area (Å²) in [5, 5.41) is 3.18. The predicted octanol–water partition coefficient (Wildman–Crippen LogP) is 4.08. The van der Waals surface area contributed by atoms with Gasteiger partial charge in [-0.2, -0.15) is 0 Å². The Morgan fingerprint density at radius 2 is 1.95 bits per heavy atom. The van der Waals surface area contributed by atoms with Gasteiger partial charge in [-0.15, -0.1) is 0 Å². The fourth-order valence-corrected chi connectivity index (χ4v) is 2.07. The van der Waals surface area contributed by atoms with E-state index in [2.05, 4.69) is 17.2 Å². The average molecular weight is 288 g/mol. The summed E-state index contributed by atoms with van der Waals surface area (Å²) in [7, 11) is 0. The number of hydrogen-bond donors (Lipinski definition) is 1. The Hall–Kier alpha value is -1.94. The highest BCUT2D eigenvalue weighted by Crippen LogP contribution is 2.27. The summed E-state index contributed by atoms with van der Waals surface area (Å²) in [6.45, 7) is 5.45. The third-order valence-corrected chi connectivity index (χ3v) is 3.24. The molecule has 0 amide bonds. The molecule has 0 radical (unpaired) electrons. The van der Waals surface area contributed by atoms with E-state index < -0.39 is 5.82 Å². The van der Waals surface area contributed by atoms with E-state index in [0.29, 0.717) is 17.9 Å². The predicted molar refractivity (Wildman–Crippen MR) is 82.1 cm³/mol. The van der Waals surface area contributed by atoms with E-state index >= 15 is 0 Å². The Balaban J connectivity index is 2.18. The molecule has 0 unspecified atom stereocenters. The molecule has 1 N–H and O–H groups in total. The molecule has 1 heterocycles. The normalized spacial score (nSPS) is 10.6. The van der Waals surface area contributed by atoms with Crippen molar-refractivity contribution in [3.8, 4) is 11.6 Å². The second-order valence-corrected chi connectivity index (χ2v) is 4.83. The lowest BCUT2D eigenvalue weighted by Crippen LogP contribution is -2.15. The molecular weight excluding hydrogens is 267 g/mol. The summed E-state index contributed by atoms with van der Waals surface area (Å²) in [4.78, 5) is 4.01. The van der Waals surface area contributed by atoms with E-state index in [4.69, 9.17) is 4.74 Å². The average Bonchev–Trinajstić information content (AvgIpc) is 2.51. The van der Waals surface area contributed by atoms with Gasteiger partial charge < -0.3 is 10.1 Å². The van der Waals surface area contributed by atoms with Crippen molar-refractivity contribution in [2.75, 3.05) is 6.54 Å². The third kappa shape index (κ3) is 4.02. The van der Waals surface area contributed by atoms with Crippen LogP contribution < -0.4 is 10.1 Å². The van der Waals surface area contributed by atoms with Crippen LogP contribution in [0.2, 0.25) is 0 Å². The van der Waals surface area contributed by atoms with Crippen LogP contribution in [0.5, 0.6) is 11.6 Å². The minimum absolute atomic E-state index is 0.0340. The number of pyridine rings is 1. The topological polar surface area (TPSA) is 34.2 Å². The van der Waals surface area contributed by atoms with Gasteiger partial charge in [0.2, 0.25) is 0 Å². The SMILES string of the molecule is CCCNCc1ccnc(Oc2ccccc2CC)c1F. The molecule has 0 bridgehead atoms. The molecule has 0 atom stereocenters. The first-order valence-electron chi connectivity index (χ1n) is 7.36. The number of aromatic nitrogens is 1. The molecular formula is C17H21FN2O. The van der Waals surface area contributed by atoms with Crippen molar-refractivity contribution in [2.45, 2.75) is 33.2 Å². The molecule has 4 heteroatoms. The minimum atomic E-state index is -0.396. The summed E-state index contributed by atoms with van der Waals surface area (Å²) in [6.07, 6.45) is 3.42. The fourth-order valence-electron chi connectivity index (χ4n) is 2.07. The van der Waals surface area contributed by atoms with E-state index in [9.17, 15) is 4.39 Å². The van der Waals surface area contributed by atoms with Crippen molar-refractivity contribution in [1.29, 1.82) is 0 Å². The van der Waals surface area contributed by atoms with Crippen molar-refractivity contribution in [1.82, 2.24) is 10.3 Å². The van der Waals surface area contributed by atoms with Gasteiger partial charge in [-0.1, -0.05) is 32.0 Å². The summed E-state index contributed by atoms with van der Waals surface area (Å²) in [6, 6.07) is 9.30. The highest BCUT2D eigenvalue weighted by molar-refractivity contribution is 5.37. The number of nitrogens with zero attached hydrogens (tertiary/aromatic N) is 1. The molecule has 0 aliphatic heterocycles. The maximum absolute atomic E-state index is 14.4. The van der Waals surface area contributed by atoms with E-state index in [1.807, 2.05) is 31.2 Å². The molecule has 2 rings (SSSR count). The second kappa shape index (κ2) is 7.74. The van der Waals surface area contributed by atoms with Crippen molar-refractivity contribution in [2.24, 2.45) is 0 Å². The lowest BCUT2D eigenvalue weighted by Gasteiger charge is -2.11. The van der Waals surface area contributed by atoms with Crippen LogP contribution in [0.25, 0.3) is 0 Å². The van der Waals surface area contributed by atoms with E-state index in [0.717, 1.165) is 24.9 Å². The highest BCUT2D eigenvalue weighted by atomic mass is 19.1. The van der Waals surface area contributed by atoms with Crippen LogP contribution in [-0.2, 0) is 13.0 Å². The number of benzene rings is 1. The molecule has 21 heavy (non-hydrogen) atoms. The monoisotopic (exact) mass is 288 g/mol. The van der Waals surface area contributed by atoms with Crippen molar-refractivity contribution in [3.63, 3.8) is 0 Å². The van der Waals surface area contributed by atoms with Crippen molar-refractivity contribution >= 4 is 0 Å². The van der Waals surface area contributed by atoms with Crippen LogP contribution in [0, 0.1) is 5.82 Å². The van der Waals surface area contributed by atoms with Gasteiger partial charge in [0.05, 0.1) is 0 Å². The molecule has 1 aromatic heterocycles. The lowest BCUT2D eigenvalue weighted by molar-refractivity contribution is 0.414. The molecule has 112 valence electrons. The summed E-state index contributed by atoms with van der Waals surface area (Å²) >= 11 is 0. The Labute approximate surface area is 125 Å². The third-order valence-electron chi connectivity index (χ3n) is 3.24. The van der Waals surface area contributed by atoms with E-state index in [1.165, 1.54) is 0 Å². The number of ether oxygens (including phenoxy) is 1. The van der Waals surface area contributed by atoms with Crippen LogP contribution in [-0.4, -0.2) is 11.5 Å². The van der Waals surface area contributed by atoms with Crippen LogP contribution in [0.1, 0.15) is 31.4 Å². The van der Waals surface area contributed by atoms with Gasteiger partial charge in [-0.3, -0.25) is 0 Å². The van der Waals surface area contributed by atoms with Gasteiger partial charge in [0.25, 0.3) is 5.88 Å². The maximum atomic E-state index is 14.4. The molecule has 3 nitrogen and oxygen atoms in total. The van der Waals surface area contributed by atoms with Crippen LogP contribution in [0.4, 0.5) is 4.39 Å². The Morgan fingerprint density at radius 3 is 2.71 bits per heavy atom. The summed E-state index contributed by atoms with van der Waals surface area (Å²) in [5.41, 5.74) is 1.61. The first kappa shape index (κ1) is 15.4. The molecule has 0 fully saturated rings. The molecule has 0 saturated carbocycles. The van der Waals surface area contributed by atoms with Gasteiger partial charge in [0, 0.05) is 18.3 Å². The Bertz CT molecular complexity index is 587. The van der Waals surface area contributed by atoms with Gasteiger partial charge in [0.15, 0.2) is 5.82 Å². The van der Waals surface area contributed by atoms with Gasteiger partial charge in [-0.05, 0) is 37.1 Å². The quantitative estimate of drug-likeness (QED) is 0.780. The fraction of sp³-hybridized carbons (Fsp3) is 0.353. The van der Waals surface area contributed by atoms with E-state index in [-0.39, 0.29) is 5.88 Å². The number of rotatable bonds is 7. The number of aryl methyl sites for hydroxylation is 1. The zero-order valence-electron chi connectivity index (χ0n) is 12.5. The molecule has 1 aromatic carbocycles. The number of hydrogen-bond acceptors (Lipinski definition) is 3. The number of halogens is 1. The zero-order valence-corrected chi connectivity index (χ0v) is 12.5. The van der Waals surface area contributed by atoms with E-state index in [1.54, 1.807) is 12.3 Å². The molecule has 0 aliphatic rings. The van der Waals surface area contributed by atoms with Crippen molar-refractivity contribution in [3.05, 3.63) is 53.5 Å². The lowest BCUT2D eigenvalue weighted by atomic mass is 10.1. The molecule has 0 spiro atoms. The number of para-hydroxylation sites is 1. The standard InChI is InChI=1S/C17H21FN2O/c1-3-10-19-12-14-9-11-20-17(16(14)18)21-15-8-6-5-7-13(15)4-2/h5-9,11,19H,3-4,10,12H2,1-2H3. The molecule has 0 aliphatic carbocycles. The number of nitrogens with one attached hydrogen (secondary N) is 1. The van der Waals surface area contributed by atoms with Gasteiger partial charge in [-0.25, -0.2) is 9.37 Å². The van der Waals surface area contributed by atoms with Crippen LogP contribution in [0.3, 0.4) is 0 Å². The largest absolute Gasteiger partial charge is 0.436 e. The second-order valence-electron chi connectivity index (χ2n) is 4.83. The smallest absolute Gasteiger partial charge is 0.256 e. The van der Waals surface area contributed by atoms with Crippen LogP contribution >= 0.6 is 0 Å².